The third kappa shape index (κ3) is 3.03. The predicted molar refractivity (Wildman–Crippen MR) is 89.4 cm³/mol. The van der Waals surface area contributed by atoms with Gasteiger partial charge in [-0.3, -0.25) is 4.79 Å². The van der Waals surface area contributed by atoms with Crippen LogP contribution in [-0.2, 0) is 4.74 Å². The molecule has 6 heteroatoms. The van der Waals surface area contributed by atoms with E-state index in [-0.39, 0.29) is 18.1 Å². The molecule has 0 radical (unpaired) electrons. The van der Waals surface area contributed by atoms with E-state index in [0.29, 0.717) is 23.0 Å². The van der Waals surface area contributed by atoms with Crippen LogP contribution in [0.1, 0.15) is 9.67 Å². The van der Waals surface area contributed by atoms with Crippen LogP contribution in [0.25, 0.3) is 10.4 Å². The summed E-state index contributed by atoms with van der Waals surface area (Å²) < 4.78 is 5.30. The first-order valence-electron chi connectivity index (χ1n) is 7.02. The summed E-state index contributed by atoms with van der Waals surface area (Å²) in [5, 5.41) is 0.687. The molecule has 0 saturated carbocycles. The van der Waals surface area contributed by atoms with Gasteiger partial charge in [0.25, 0.3) is 5.91 Å². The fourth-order valence-corrected chi connectivity index (χ4v) is 3.78. The average molecular weight is 337 g/mol. The first-order valence-corrected chi connectivity index (χ1v) is 8.21. The van der Waals surface area contributed by atoms with Gasteiger partial charge in [0.2, 0.25) is 0 Å². The lowest BCUT2D eigenvalue weighted by atomic mass is 10.2. The van der Waals surface area contributed by atoms with Gasteiger partial charge in [0.05, 0.1) is 17.0 Å². The van der Waals surface area contributed by atoms with Crippen molar-refractivity contribution in [1.82, 2.24) is 4.90 Å². The fourth-order valence-electron chi connectivity index (χ4n) is 2.62. The first kappa shape index (κ1) is 15.5. The standard InChI is InChI=1S/C16H17ClN2O2S/c1-21-13-9-19(8-12(13)18)16(20)15-6-5-14(22-15)10-3-2-4-11(17)7-10/h2-7,12-13H,8-9,18H2,1H3/t12-,13+/m0/s1. The maximum Gasteiger partial charge on any atom is 0.264 e. The number of carbonyl (C=O) groups excluding carboxylic acids is 1. The number of thiophene rings is 1. The van der Waals surface area contributed by atoms with Crippen LogP contribution in [0, 0.1) is 0 Å². The maximum atomic E-state index is 12.6. The molecule has 0 bridgehead atoms. The van der Waals surface area contributed by atoms with Crippen LogP contribution in [0.3, 0.4) is 0 Å². The van der Waals surface area contributed by atoms with Gasteiger partial charge >= 0.3 is 0 Å². The molecule has 1 aliphatic heterocycles. The van der Waals surface area contributed by atoms with E-state index in [1.165, 1.54) is 11.3 Å². The molecule has 22 heavy (non-hydrogen) atoms. The van der Waals surface area contributed by atoms with E-state index >= 15 is 0 Å². The summed E-state index contributed by atoms with van der Waals surface area (Å²) in [5.74, 6) is 0.00766. The van der Waals surface area contributed by atoms with Gasteiger partial charge in [0.1, 0.15) is 0 Å². The van der Waals surface area contributed by atoms with Crippen molar-refractivity contribution in [1.29, 1.82) is 0 Å². The lowest BCUT2D eigenvalue weighted by Gasteiger charge is -2.14. The quantitative estimate of drug-likeness (QED) is 0.937. The topological polar surface area (TPSA) is 55.6 Å². The molecule has 0 unspecified atom stereocenters. The van der Waals surface area contributed by atoms with Gasteiger partial charge in [-0.2, -0.15) is 0 Å². The molecule has 2 atom stereocenters. The minimum Gasteiger partial charge on any atom is -0.378 e. The molecule has 3 rings (SSSR count). The Hall–Kier alpha value is -1.40. The molecule has 4 nitrogen and oxygen atoms in total. The molecule has 2 N–H and O–H groups in total. The molecular formula is C16H17ClN2O2S. The highest BCUT2D eigenvalue weighted by Crippen LogP contribution is 2.31. The van der Waals surface area contributed by atoms with Crippen LogP contribution in [0.15, 0.2) is 36.4 Å². The molecule has 1 amide bonds. The summed E-state index contributed by atoms with van der Waals surface area (Å²) in [5.41, 5.74) is 7.00. The van der Waals surface area contributed by atoms with Crippen LogP contribution in [-0.4, -0.2) is 43.2 Å². The van der Waals surface area contributed by atoms with Crippen LogP contribution in [0.4, 0.5) is 0 Å². The smallest absolute Gasteiger partial charge is 0.264 e. The van der Waals surface area contributed by atoms with Crippen molar-refractivity contribution in [2.75, 3.05) is 20.2 Å². The summed E-state index contributed by atoms with van der Waals surface area (Å²) in [7, 11) is 1.63. The predicted octanol–water partition coefficient (Wildman–Crippen LogP) is 2.87. The largest absolute Gasteiger partial charge is 0.378 e. The van der Waals surface area contributed by atoms with Crippen LogP contribution in [0.2, 0.25) is 5.02 Å². The number of carbonyl (C=O) groups is 1. The Bertz CT molecular complexity index is 688. The van der Waals surface area contributed by atoms with Gasteiger partial charge in [-0.05, 0) is 29.8 Å². The third-order valence-corrected chi connectivity index (χ3v) is 5.18. The zero-order valence-corrected chi connectivity index (χ0v) is 13.7. The summed E-state index contributed by atoms with van der Waals surface area (Å²) in [6.45, 7) is 1.07. The SMILES string of the molecule is CO[C@@H]1CN(C(=O)c2ccc(-c3cccc(Cl)c3)s2)C[C@@H]1N. The van der Waals surface area contributed by atoms with Crippen molar-refractivity contribution in [3.05, 3.63) is 46.3 Å². The molecule has 1 fully saturated rings. The summed E-state index contributed by atoms with van der Waals surface area (Å²) in [4.78, 5) is 16.1. The van der Waals surface area contributed by atoms with Gasteiger partial charge in [0.15, 0.2) is 0 Å². The Labute approximate surface area is 138 Å². The molecule has 1 aromatic heterocycles. The number of benzene rings is 1. The molecule has 1 aromatic carbocycles. The van der Waals surface area contributed by atoms with Gasteiger partial charge in [-0.25, -0.2) is 0 Å². The average Bonchev–Trinajstić information content (AvgIpc) is 3.13. The van der Waals surface area contributed by atoms with Crippen LogP contribution < -0.4 is 5.73 Å². The second-order valence-electron chi connectivity index (χ2n) is 5.32. The van der Waals surface area contributed by atoms with Gasteiger partial charge < -0.3 is 15.4 Å². The Kier molecular flexibility index (Phi) is 4.49. The second-order valence-corrected chi connectivity index (χ2v) is 6.84. The first-order chi connectivity index (χ1) is 10.6. The summed E-state index contributed by atoms with van der Waals surface area (Å²) >= 11 is 7.49. The monoisotopic (exact) mass is 336 g/mol. The van der Waals surface area contributed by atoms with Crippen LogP contribution >= 0.6 is 22.9 Å². The number of rotatable bonds is 3. The van der Waals surface area contributed by atoms with E-state index in [2.05, 4.69) is 0 Å². The zero-order valence-electron chi connectivity index (χ0n) is 12.2. The lowest BCUT2D eigenvalue weighted by molar-refractivity contribution is 0.0721. The maximum absolute atomic E-state index is 12.6. The number of nitrogens with zero attached hydrogens (tertiary/aromatic N) is 1. The highest BCUT2D eigenvalue weighted by atomic mass is 35.5. The van der Waals surface area contributed by atoms with Gasteiger partial charge in [-0.1, -0.05) is 23.7 Å². The van der Waals surface area contributed by atoms with Gasteiger partial charge in [-0.15, -0.1) is 11.3 Å². The number of likely N-dealkylation sites (tertiary alicyclic amines) is 1. The third-order valence-electron chi connectivity index (χ3n) is 3.82. The summed E-state index contributed by atoms with van der Waals surface area (Å²) in [6.07, 6.45) is -0.0867. The molecule has 1 saturated heterocycles. The summed E-state index contributed by atoms with van der Waals surface area (Å²) in [6, 6.07) is 11.3. The molecule has 1 aliphatic rings. The van der Waals surface area contributed by atoms with Crippen molar-refractivity contribution in [3.63, 3.8) is 0 Å². The molecule has 0 aliphatic carbocycles. The molecule has 116 valence electrons. The van der Waals surface area contributed by atoms with E-state index in [1.807, 2.05) is 36.4 Å². The van der Waals surface area contributed by atoms with E-state index in [0.717, 1.165) is 10.4 Å². The highest BCUT2D eigenvalue weighted by Gasteiger charge is 2.33. The van der Waals surface area contributed by atoms with E-state index < -0.39 is 0 Å². The number of hydrogen-bond donors (Lipinski definition) is 1. The van der Waals surface area contributed by atoms with E-state index in [4.69, 9.17) is 22.1 Å². The van der Waals surface area contributed by atoms with Crippen LogP contribution in [0.5, 0.6) is 0 Å². The zero-order chi connectivity index (χ0) is 15.7. The number of ether oxygens (including phenoxy) is 1. The van der Waals surface area contributed by atoms with Gasteiger partial charge in [0, 0.05) is 30.1 Å². The minimum atomic E-state index is -0.124. The van der Waals surface area contributed by atoms with Crippen molar-refractivity contribution >= 4 is 28.8 Å². The van der Waals surface area contributed by atoms with E-state index in [1.54, 1.807) is 12.0 Å². The van der Waals surface area contributed by atoms with Crippen molar-refractivity contribution in [2.45, 2.75) is 12.1 Å². The normalized spacial score (nSPS) is 21.3. The van der Waals surface area contributed by atoms with Crippen molar-refractivity contribution < 1.29 is 9.53 Å². The van der Waals surface area contributed by atoms with Crippen molar-refractivity contribution in [3.8, 4) is 10.4 Å². The Morgan fingerprint density at radius 3 is 2.86 bits per heavy atom. The molecular weight excluding hydrogens is 320 g/mol. The molecule has 0 spiro atoms. The number of methoxy groups -OCH3 is 1. The molecule has 2 aromatic rings. The number of hydrogen-bond acceptors (Lipinski definition) is 4. The molecule has 2 heterocycles. The highest BCUT2D eigenvalue weighted by molar-refractivity contribution is 7.17. The number of halogens is 1. The minimum absolute atomic E-state index is 0.00766. The number of amides is 1. The second kappa shape index (κ2) is 6.38. The number of nitrogens with two attached hydrogens (primary N) is 1. The Balaban J connectivity index is 1.78. The van der Waals surface area contributed by atoms with Crippen molar-refractivity contribution in [2.24, 2.45) is 5.73 Å². The lowest BCUT2D eigenvalue weighted by Crippen LogP contribution is -2.34. The fraction of sp³-hybridized carbons (Fsp3) is 0.312. The Morgan fingerprint density at radius 2 is 2.18 bits per heavy atom. The Morgan fingerprint density at radius 1 is 1.36 bits per heavy atom. The van der Waals surface area contributed by atoms with E-state index in [9.17, 15) is 4.79 Å².